The van der Waals surface area contributed by atoms with Crippen molar-refractivity contribution < 1.29 is 8.42 Å². The first kappa shape index (κ1) is 15.0. The van der Waals surface area contributed by atoms with Gasteiger partial charge in [0.25, 0.3) is 0 Å². The van der Waals surface area contributed by atoms with Gasteiger partial charge in [0.2, 0.25) is 16.0 Å². The molecule has 0 amide bonds. The number of nitrogens with one attached hydrogen (secondary N) is 1. The van der Waals surface area contributed by atoms with E-state index in [1.807, 2.05) is 6.07 Å². The molecule has 9 heteroatoms. The maximum atomic E-state index is 11.4. The fourth-order valence-corrected chi connectivity index (χ4v) is 3.07. The van der Waals surface area contributed by atoms with Gasteiger partial charge in [0.05, 0.1) is 12.5 Å². The minimum atomic E-state index is -3.12. The molecule has 108 valence electrons. The molecule has 1 aliphatic rings. The van der Waals surface area contributed by atoms with Gasteiger partial charge in [0.1, 0.15) is 11.6 Å². The molecule has 0 aliphatic carbocycles. The predicted molar refractivity (Wildman–Crippen MR) is 74.8 cm³/mol. The minimum Gasteiger partial charge on any atom is -0.351 e. The molecule has 1 aromatic heterocycles. The molecule has 0 spiro atoms. The first-order valence-corrected chi connectivity index (χ1v) is 8.27. The van der Waals surface area contributed by atoms with Crippen molar-refractivity contribution >= 4 is 27.6 Å². The smallest absolute Gasteiger partial charge is 0.224 e. The van der Waals surface area contributed by atoms with E-state index in [-0.39, 0.29) is 16.8 Å². The Hall–Kier alpha value is -1.43. The number of hydrogen-bond donors (Lipinski definition) is 1. The Kier molecular flexibility index (Phi) is 4.42. The topological polar surface area (TPSA) is 99.0 Å². The molecule has 1 N–H and O–H groups in total. The Morgan fingerprint density at radius 2 is 2.15 bits per heavy atom. The van der Waals surface area contributed by atoms with E-state index in [2.05, 4.69) is 15.3 Å². The number of hydrogen-bond acceptors (Lipinski definition) is 6. The zero-order valence-corrected chi connectivity index (χ0v) is 12.4. The van der Waals surface area contributed by atoms with Crippen LogP contribution in [0.2, 0.25) is 5.15 Å². The second-order valence-electron chi connectivity index (χ2n) is 4.59. The van der Waals surface area contributed by atoms with Crippen molar-refractivity contribution in [3.05, 3.63) is 16.9 Å². The van der Waals surface area contributed by atoms with Gasteiger partial charge >= 0.3 is 0 Å². The molecule has 0 saturated carbocycles. The van der Waals surface area contributed by atoms with Crippen LogP contribution < -0.4 is 5.32 Å². The van der Waals surface area contributed by atoms with Gasteiger partial charge in [0, 0.05) is 19.1 Å². The molecule has 0 radical (unpaired) electrons. The number of piperidine rings is 1. The molecule has 2 heterocycles. The van der Waals surface area contributed by atoms with Crippen molar-refractivity contribution in [2.45, 2.75) is 18.9 Å². The summed E-state index contributed by atoms with van der Waals surface area (Å²) in [6, 6.07) is 1.98. The lowest BCUT2D eigenvalue weighted by Crippen LogP contribution is -2.42. The molecule has 0 unspecified atom stereocenters. The predicted octanol–water partition coefficient (Wildman–Crippen LogP) is 0.838. The lowest BCUT2D eigenvalue weighted by atomic mass is 10.1. The van der Waals surface area contributed by atoms with E-state index in [4.69, 9.17) is 16.9 Å². The summed E-state index contributed by atoms with van der Waals surface area (Å²) in [6.45, 7) is 0.945. The quantitative estimate of drug-likeness (QED) is 0.830. The van der Waals surface area contributed by atoms with E-state index in [0.29, 0.717) is 31.9 Å². The van der Waals surface area contributed by atoms with E-state index < -0.39 is 10.0 Å². The van der Waals surface area contributed by atoms with E-state index in [9.17, 15) is 8.42 Å². The number of rotatable bonds is 3. The molecule has 0 atom stereocenters. The van der Waals surface area contributed by atoms with Crippen molar-refractivity contribution in [1.82, 2.24) is 14.3 Å². The number of nitriles is 1. The van der Waals surface area contributed by atoms with Crippen LogP contribution in [-0.4, -0.2) is 48.1 Å². The Balaban J connectivity index is 1.96. The van der Waals surface area contributed by atoms with Crippen LogP contribution in [0.5, 0.6) is 0 Å². The summed E-state index contributed by atoms with van der Waals surface area (Å²) in [5, 5.41) is 12.0. The van der Waals surface area contributed by atoms with Crippen LogP contribution in [-0.2, 0) is 10.0 Å². The van der Waals surface area contributed by atoms with Crippen LogP contribution in [0, 0.1) is 11.3 Å². The number of sulfonamides is 1. The fourth-order valence-electron chi connectivity index (χ4n) is 2.02. The molecule has 0 aromatic carbocycles. The largest absolute Gasteiger partial charge is 0.351 e. The summed E-state index contributed by atoms with van der Waals surface area (Å²) in [6.07, 6.45) is 3.93. The average Bonchev–Trinajstić information content (AvgIpc) is 2.38. The van der Waals surface area contributed by atoms with E-state index >= 15 is 0 Å². The summed E-state index contributed by atoms with van der Waals surface area (Å²) in [4.78, 5) is 8.01. The molecular weight excluding hydrogens is 302 g/mol. The first-order valence-electron chi connectivity index (χ1n) is 6.04. The van der Waals surface area contributed by atoms with Gasteiger partial charge in [-0.05, 0) is 12.8 Å². The third-order valence-corrected chi connectivity index (χ3v) is 4.71. The van der Waals surface area contributed by atoms with Crippen molar-refractivity contribution in [2.75, 3.05) is 24.7 Å². The van der Waals surface area contributed by atoms with Crippen molar-refractivity contribution in [1.29, 1.82) is 5.26 Å². The van der Waals surface area contributed by atoms with Gasteiger partial charge in [-0.1, -0.05) is 11.6 Å². The third kappa shape index (κ3) is 3.56. The third-order valence-electron chi connectivity index (χ3n) is 3.12. The lowest BCUT2D eigenvalue weighted by Gasteiger charge is -2.30. The van der Waals surface area contributed by atoms with Gasteiger partial charge in [-0.25, -0.2) is 17.7 Å². The van der Waals surface area contributed by atoms with Gasteiger partial charge < -0.3 is 5.32 Å². The Labute approximate surface area is 122 Å². The highest BCUT2D eigenvalue weighted by molar-refractivity contribution is 7.88. The van der Waals surface area contributed by atoms with Crippen molar-refractivity contribution in [3.8, 4) is 6.07 Å². The molecule has 1 saturated heterocycles. The minimum absolute atomic E-state index is 0.0944. The highest BCUT2D eigenvalue weighted by Crippen LogP contribution is 2.18. The average molecular weight is 316 g/mol. The second kappa shape index (κ2) is 5.91. The monoisotopic (exact) mass is 315 g/mol. The van der Waals surface area contributed by atoms with Crippen LogP contribution >= 0.6 is 11.6 Å². The van der Waals surface area contributed by atoms with E-state index in [1.165, 1.54) is 16.8 Å². The zero-order chi connectivity index (χ0) is 14.8. The summed E-state index contributed by atoms with van der Waals surface area (Å²) < 4.78 is 24.3. The summed E-state index contributed by atoms with van der Waals surface area (Å²) in [5.41, 5.74) is 0.226. The Morgan fingerprint density at radius 1 is 1.50 bits per heavy atom. The molecule has 20 heavy (non-hydrogen) atoms. The van der Waals surface area contributed by atoms with Crippen molar-refractivity contribution in [2.24, 2.45) is 0 Å². The second-order valence-corrected chi connectivity index (χ2v) is 6.93. The van der Waals surface area contributed by atoms with Crippen LogP contribution in [0.1, 0.15) is 18.4 Å². The van der Waals surface area contributed by atoms with Crippen LogP contribution in [0.15, 0.2) is 6.20 Å². The Morgan fingerprint density at radius 3 is 2.65 bits per heavy atom. The van der Waals surface area contributed by atoms with Crippen molar-refractivity contribution in [3.63, 3.8) is 0 Å². The molecule has 2 rings (SSSR count). The SMILES string of the molecule is CS(=O)(=O)N1CCC(Nc2ncc(C#N)c(Cl)n2)CC1. The number of aromatic nitrogens is 2. The van der Waals surface area contributed by atoms with Gasteiger partial charge in [-0.3, -0.25) is 0 Å². The van der Waals surface area contributed by atoms with Crippen LogP contribution in [0.4, 0.5) is 5.95 Å². The number of anilines is 1. The van der Waals surface area contributed by atoms with Gasteiger partial charge in [-0.15, -0.1) is 0 Å². The molecule has 1 fully saturated rings. The van der Waals surface area contributed by atoms with Crippen LogP contribution in [0.3, 0.4) is 0 Å². The molecule has 1 aliphatic heterocycles. The maximum absolute atomic E-state index is 11.4. The van der Waals surface area contributed by atoms with E-state index in [0.717, 1.165) is 0 Å². The lowest BCUT2D eigenvalue weighted by molar-refractivity contribution is 0.331. The Bertz CT molecular complexity index is 635. The summed E-state index contributed by atoms with van der Waals surface area (Å²) in [5.74, 6) is 0.354. The normalized spacial score (nSPS) is 17.6. The van der Waals surface area contributed by atoms with Gasteiger partial charge in [-0.2, -0.15) is 10.2 Å². The highest BCUT2D eigenvalue weighted by atomic mass is 35.5. The molecule has 7 nitrogen and oxygen atoms in total. The highest BCUT2D eigenvalue weighted by Gasteiger charge is 2.25. The standard InChI is InChI=1S/C11H14ClN5O2S/c1-20(18,19)17-4-2-9(3-5-17)15-11-14-7-8(6-13)10(12)16-11/h7,9H,2-5H2,1H3,(H,14,15,16). The summed E-state index contributed by atoms with van der Waals surface area (Å²) >= 11 is 5.83. The maximum Gasteiger partial charge on any atom is 0.224 e. The molecule has 0 bridgehead atoms. The van der Waals surface area contributed by atoms with E-state index in [1.54, 1.807) is 0 Å². The van der Waals surface area contributed by atoms with Gasteiger partial charge in [0.15, 0.2) is 5.15 Å². The fraction of sp³-hybridized carbons (Fsp3) is 0.545. The number of nitrogens with zero attached hydrogens (tertiary/aromatic N) is 4. The molecular formula is C11H14ClN5O2S. The number of halogens is 1. The zero-order valence-electron chi connectivity index (χ0n) is 10.9. The van der Waals surface area contributed by atoms with Crippen LogP contribution in [0.25, 0.3) is 0 Å². The first-order chi connectivity index (χ1) is 9.40. The summed E-state index contributed by atoms with van der Waals surface area (Å²) in [7, 11) is -3.12. The molecule has 1 aromatic rings.